The topological polar surface area (TPSA) is 9.86 Å². The standard InChI is InChI=1S/C36H26N2/c1-2-13-26(14-3-1)36(38-34-22-10-6-18-30(34)31-19-7-11-23-35(31)38)24-12-15-27(25-36)37-32-20-8-4-16-28(32)29-17-5-9-21-33(29)37/h1-24H,25H2. The summed E-state index contributed by atoms with van der Waals surface area (Å²) in [5, 5.41) is 5.17. The van der Waals surface area contributed by atoms with Crippen molar-refractivity contribution in [2.45, 2.75) is 12.0 Å². The van der Waals surface area contributed by atoms with Crippen molar-refractivity contribution < 1.29 is 0 Å². The summed E-state index contributed by atoms with van der Waals surface area (Å²) in [6, 6.07) is 46.2. The molecule has 0 radical (unpaired) electrons. The third-order valence-electron chi connectivity index (χ3n) is 8.23. The molecule has 1 aliphatic rings. The first-order valence-corrected chi connectivity index (χ1v) is 13.3. The molecule has 0 saturated heterocycles. The van der Waals surface area contributed by atoms with E-state index in [2.05, 4.69) is 155 Å². The molecule has 0 aliphatic heterocycles. The second-order valence-corrected chi connectivity index (χ2v) is 10.2. The lowest BCUT2D eigenvalue weighted by molar-refractivity contribution is 0.479. The van der Waals surface area contributed by atoms with Crippen molar-refractivity contribution in [3.63, 3.8) is 0 Å². The molecule has 0 amide bonds. The number of para-hydroxylation sites is 4. The van der Waals surface area contributed by atoms with Gasteiger partial charge in [0.25, 0.3) is 0 Å². The zero-order valence-electron chi connectivity index (χ0n) is 21.0. The van der Waals surface area contributed by atoms with Gasteiger partial charge in [-0.05, 0) is 35.9 Å². The van der Waals surface area contributed by atoms with Gasteiger partial charge in [0.05, 0.1) is 27.6 Å². The number of nitrogens with zero attached hydrogens (tertiary/aromatic N) is 2. The Balaban J connectivity index is 1.45. The van der Waals surface area contributed by atoms with Crippen LogP contribution in [-0.2, 0) is 5.54 Å². The van der Waals surface area contributed by atoms with E-state index in [0.717, 1.165) is 6.42 Å². The highest BCUT2D eigenvalue weighted by Gasteiger charge is 2.37. The van der Waals surface area contributed by atoms with Crippen molar-refractivity contribution >= 4 is 49.3 Å². The average molecular weight is 487 g/mol. The molecule has 0 spiro atoms. The van der Waals surface area contributed by atoms with E-state index in [1.807, 2.05) is 0 Å². The predicted octanol–water partition coefficient (Wildman–Crippen LogP) is 9.15. The van der Waals surface area contributed by atoms with Crippen LogP contribution in [0.15, 0.2) is 146 Å². The molecule has 0 saturated carbocycles. The van der Waals surface area contributed by atoms with E-state index in [9.17, 15) is 0 Å². The van der Waals surface area contributed by atoms with Crippen LogP contribution in [0.25, 0.3) is 49.3 Å². The summed E-state index contributed by atoms with van der Waals surface area (Å²) in [7, 11) is 0. The maximum Gasteiger partial charge on any atom is 0.0944 e. The Morgan fingerprint density at radius 3 is 1.47 bits per heavy atom. The summed E-state index contributed by atoms with van der Waals surface area (Å²) in [5.41, 5.74) is 7.19. The largest absolute Gasteiger partial charge is 0.326 e. The Morgan fingerprint density at radius 1 is 0.474 bits per heavy atom. The fourth-order valence-corrected chi connectivity index (χ4v) is 6.66. The molecule has 0 fully saturated rings. The van der Waals surface area contributed by atoms with E-state index < -0.39 is 0 Å². The lowest BCUT2D eigenvalue weighted by Crippen LogP contribution is -2.35. The van der Waals surface area contributed by atoms with Gasteiger partial charge < -0.3 is 9.13 Å². The van der Waals surface area contributed by atoms with Crippen LogP contribution in [0.4, 0.5) is 0 Å². The average Bonchev–Trinajstić information content (AvgIpc) is 3.51. The van der Waals surface area contributed by atoms with Gasteiger partial charge >= 0.3 is 0 Å². The Bertz CT molecular complexity index is 1950. The quantitative estimate of drug-likeness (QED) is 0.236. The van der Waals surface area contributed by atoms with Gasteiger partial charge in [-0.1, -0.05) is 115 Å². The van der Waals surface area contributed by atoms with Crippen LogP contribution >= 0.6 is 0 Å². The first kappa shape index (κ1) is 21.3. The molecule has 1 atom stereocenters. The van der Waals surface area contributed by atoms with Gasteiger partial charge in [-0.2, -0.15) is 0 Å². The Hall–Kier alpha value is -4.82. The highest BCUT2D eigenvalue weighted by Crippen LogP contribution is 2.46. The third-order valence-corrected chi connectivity index (χ3v) is 8.23. The maximum atomic E-state index is 2.57. The molecule has 0 N–H and O–H groups in total. The van der Waals surface area contributed by atoms with Gasteiger partial charge in [0.15, 0.2) is 0 Å². The van der Waals surface area contributed by atoms with Crippen LogP contribution in [0.5, 0.6) is 0 Å². The molecule has 5 aromatic carbocycles. The van der Waals surface area contributed by atoms with Crippen LogP contribution in [0, 0.1) is 0 Å². The zero-order valence-corrected chi connectivity index (χ0v) is 21.0. The second-order valence-electron chi connectivity index (χ2n) is 10.2. The predicted molar refractivity (Wildman–Crippen MR) is 160 cm³/mol. The van der Waals surface area contributed by atoms with Crippen molar-refractivity contribution in [1.82, 2.24) is 9.13 Å². The molecule has 2 nitrogen and oxygen atoms in total. The molecule has 7 aromatic rings. The van der Waals surface area contributed by atoms with Crippen LogP contribution in [0.1, 0.15) is 12.0 Å². The maximum absolute atomic E-state index is 2.57. The molecule has 38 heavy (non-hydrogen) atoms. The number of allylic oxidation sites excluding steroid dienone is 4. The van der Waals surface area contributed by atoms with Crippen LogP contribution in [0.3, 0.4) is 0 Å². The normalized spacial score (nSPS) is 17.5. The first-order valence-electron chi connectivity index (χ1n) is 13.3. The minimum atomic E-state index is -0.388. The first-order chi connectivity index (χ1) is 18.9. The highest BCUT2D eigenvalue weighted by atomic mass is 15.1. The molecule has 180 valence electrons. The minimum Gasteiger partial charge on any atom is -0.326 e. The second kappa shape index (κ2) is 8.09. The number of rotatable bonds is 3. The molecule has 1 unspecified atom stereocenters. The van der Waals surface area contributed by atoms with E-state index in [1.54, 1.807) is 0 Å². The molecule has 2 heterocycles. The fourth-order valence-electron chi connectivity index (χ4n) is 6.66. The third kappa shape index (κ3) is 2.89. The number of aromatic nitrogens is 2. The van der Waals surface area contributed by atoms with Crippen molar-refractivity contribution in [3.8, 4) is 0 Å². The Morgan fingerprint density at radius 2 is 0.921 bits per heavy atom. The van der Waals surface area contributed by atoms with Crippen molar-refractivity contribution in [1.29, 1.82) is 0 Å². The van der Waals surface area contributed by atoms with Crippen LogP contribution in [0.2, 0.25) is 0 Å². The SMILES string of the molecule is C1=CC(c2ccccc2)(n2c3ccccc3c3ccccc32)CC(n2c3ccccc3c3ccccc32)=C1. The smallest absolute Gasteiger partial charge is 0.0944 e. The highest BCUT2D eigenvalue weighted by molar-refractivity contribution is 6.10. The minimum absolute atomic E-state index is 0.388. The van der Waals surface area contributed by atoms with Gasteiger partial charge in [-0.25, -0.2) is 0 Å². The summed E-state index contributed by atoms with van der Waals surface area (Å²) < 4.78 is 5.05. The number of hydrogen-bond donors (Lipinski definition) is 0. The monoisotopic (exact) mass is 486 g/mol. The van der Waals surface area contributed by atoms with Crippen molar-refractivity contribution in [3.05, 3.63) is 151 Å². The molecular formula is C36H26N2. The molecule has 1 aliphatic carbocycles. The molecule has 0 bridgehead atoms. The van der Waals surface area contributed by atoms with E-state index in [1.165, 1.54) is 54.9 Å². The van der Waals surface area contributed by atoms with Crippen LogP contribution < -0.4 is 0 Å². The number of benzene rings is 5. The fraction of sp³-hybridized carbons (Fsp3) is 0.0556. The summed E-state index contributed by atoms with van der Waals surface area (Å²) in [5.74, 6) is 0. The number of fused-ring (bicyclic) bond motifs is 6. The number of hydrogen-bond acceptors (Lipinski definition) is 0. The van der Waals surface area contributed by atoms with Gasteiger partial charge in [-0.15, -0.1) is 0 Å². The summed E-state index contributed by atoms with van der Waals surface area (Å²) in [6.45, 7) is 0. The summed E-state index contributed by atoms with van der Waals surface area (Å²) >= 11 is 0. The summed E-state index contributed by atoms with van der Waals surface area (Å²) in [6.07, 6.45) is 7.80. The van der Waals surface area contributed by atoms with Gasteiger partial charge in [0, 0.05) is 33.7 Å². The Labute approximate surface area is 221 Å². The van der Waals surface area contributed by atoms with Crippen molar-refractivity contribution in [2.24, 2.45) is 0 Å². The summed E-state index contributed by atoms with van der Waals surface area (Å²) in [4.78, 5) is 0. The van der Waals surface area contributed by atoms with Crippen LogP contribution in [-0.4, -0.2) is 9.13 Å². The van der Waals surface area contributed by atoms with E-state index in [4.69, 9.17) is 0 Å². The molecule has 2 heteroatoms. The zero-order chi connectivity index (χ0) is 25.1. The van der Waals surface area contributed by atoms with E-state index in [0.29, 0.717) is 0 Å². The molecule has 8 rings (SSSR count). The molecule has 2 aromatic heterocycles. The van der Waals surface area contributed by atoms with Crippen molar-refractivity contribution in [2.75, 3.05) is 0 Å². The van der Waals surface area contributed by atoms with Gasteiger partial charge in [-0.3, -0.25) is 0 Å². The van der Waals surface area contributed by atoms with E-state index in [-0.39, 0.29) is 5.54 Å². The Kier molecular flexibility index (Phi) is 4.53. The lowest BCUT2D eigenvalue weighted by atomic mass is 9.81. The van der Waals surface area contributed by atoms with E-state index >= 15 is 0 Å². The van der Waals surface area contributed by atoms with Gasteiger partial charge in [0.2, 0.25) is 0 Å². The van der Waals surface area contributed by atoms with Gasteiger partial charge in [0.1, 0.15) is 0 Å². The lowest BCUT2D eigenvalue weighted by Gasteiger charge is -2.38. The molecular weight excluding hydrogens is 460 g/mol.